The molecule has 0 bridgehead atoms. The number of hydrogen-bond donors (Lipinski definition) is 1. The highest BCUT2D eigenvalue weighted by Gasteiger charge is 2.09. The van der Waals surface area contributed by atoms with Gasteiger partial charge in [-0.05, 0) is 31.2 Å². The van der Waals surface area contributed by atoms with E-state index in [0.29, 0.717) is 23.2 Å². The Labute approximate surface area is 119 Å². The predicted molar refractivity (Wildman–Crippen MR) is 76.1 cm³/mol. The molecule has 0 saturated carbocycles. The van der Waals surface area contributed by atoms with Crippen LogP contribution in [0, 0.1) is 6.92 Å². The summed E-state index contributed by atoms with van der Waals surface area (Å²) in [7, 11) is 0. The van der Waals surface area contributed by atoms with Crippen LogP contribution in [0.25, 0.3) is 0 Å². The molecule has 2 aromatic rings. The topological polar surface area (TPSA) is 48.1 Å². The zero-order valence-corrected chi connectivity index (χ0v) is 12.1. The zero-order valence-electron chi connectivity index (χ0n) is 9.78. The normalized spacial score (nSPS) is 10.4. The van der Waals surface area contributed by atoms with Crippen molar-refractivity contribution in [3.8, 4) is 11.6 Å². The Morgan fingerprint density at radius 2 is 2.11 bits per heavy atom. The highest BCUT2D eigenvalue weighted by Crippen LogP contribution is 2.32. The van der Waals surface area contributed by atoms with Crippen molar-refractivity contribution >= 4 is 27.5 Å². The SMILES string of the molecule is Cc1ccc(CN)c(Oc2cc(Br)ccc2Cl)n1. The summed E-state index contributed by atoms with van der Waals surface area (Å²) in [6.07, 6.45) is 0. The molecule has 0 radical (unpaired) electrons. The Hall–Kier alpha value is -1.10. The van der Waals surface area contributed by atoms with E-state index < -0.39 is 0 Å². The summed E-state index contributed by atoms with van der Waals surface area (Å²) in [5, 5.41) is 0.532. The highest BCUT2D eigenvalue weighted by molar-refractivity contribution is 9.10. The van der Waals surface area contributed by atoms with Crippen LogP contribution in [0.5, 0.6) is 11.6 Å². The van der Waals surface area contributed by atoms with Gasteiger partial charge >= 0.3 is 0 Å². The van der Waals surface area contributed by atoms with Gasteiger partial charge in [0.25, 0.3) is 0 Å². The van der Waals surface area contributed by atoms with Crippen LogP contribution in [0.15, 0.2) is 34.8 Å². The maximum Gasteiger partial charge on any atom is 0.224 e. The summed E-state index contributed by atoms with van der Waals surface area (Å²) in [5.74, 6) is 1.05. The van der Waals surface area contributed by atoms with Crippen LogP contribution >= 0.6 is 27.5 Å². The molecule has 0 amide bonds. The van der Waals surface area contributed by atoms with Gasteiger partial charge in [0.05, 0.1) is 5.02 Å². The largest absolute Gasteiger partial charge is 0.437 e. The molecule has 3 nitrogen and oxygen atoms in total. The second-order valence-corrected chi connectivity index (χ2v) is 5.12. The van der Waals surface area contributed by atoms with Crippen molar-refractivity contribution in [2.45, 2.75) is 13.5 Å². The molecule has 0 fully saturated rings. The first-order chi connectivity index (χ1) is 8.60. The van der Waals surface area contributed by atoms with Crippen LogP contribution in [-0.4, -0.2) is 4.98 Å². The van der Waals surface area contributed by atoms with Gasteiger partial charge in [0.2, 0.25) is 5.88 Å². The van der Waals surface area contributed by atoms with E-state index in [1.165, 1.54) is 0 Å². The Balaban J connectivity index is 2.38. The highest BCUT2D eigenvalue weighted by atomic mass is 79.9. The van der Waals surface area contributed by atoms with Crippen molar-refractivity contribution in [3.05, 3.63) is 51.1 Å². The number of pyridine rings is 1. The third-order valence-electron chi connectivity index (χ3n) is 2.40. The minimum Gasteiger partial charge on any atom is -0.437 e. The van der Waals surface area contributed by atoms with Crippen molar-refractivity contribution < 1.29 is 4.74 Å². The summed E-state index contributed by atoms with van der Waals surface area (Å²) in [6, 6.07) is 9.22. The molecule has 0 unspecified atom stereocenters. The molecule has 0 aliphatic carbocycles. The third kappa shape index (κ3) is 3.02. The van der Waals surface area contributed by atoms with Crippen LogP contribution in [0.3, 0.4) is 0 Å². The third-order valence-corrected chi connectivity index (χ3v) is 3.20. The summed E-state index contributed by atoms with van der Waals surface area (Å²) in [4.78, 5) is 4.33. The number of aromatic nitrogens is 1. The molecular formula is C13H12BrClN2O. The van der Waals surface area contributed by atoms with Crippen molar-refractivity contribution in [2.24, 2.45) is 5.73 Å². The summed E-state index contributed by atoms with van der Waals surface area (Å²) in [6.45, 7) is 2.27. The average molecular weight is 328 g/mol. The monoisotopic (exact) mass is 326 g/mol. The molecule has 0 spiro atoms. The van der Waals surface area contributed by atoms with Gasteiger partial charge in [-0.2, -0.15) is 0 Å². The fraction of sp³-hybridized carbons (Fsp3) is 0.154. The molecule has 2 N–H and O–H groups in total. The second kappa shape index (κ2) is 5.69. The molecule has 0 atom stereocenters. The van der Waals surface area contributed by atoms with Crippen molar-refractivity contribution in [1.29, 1.82) is 0 Å². The van der Waals surface area contributed by atoms with Gasteiger partial charge in [0.15, 0.2) is 0 Å². The van der Waals surface area contributed by atoms with E-state index >= 15 is 0 Å². The van der Waals surface area contributed by atoms with Gasteiger partial charge in [-0.15, -0.1) is 0 Å². The minimum absolute atomic E-state index is 0.369. The van der Waals surface area contributed by atoms with Gasteiger partial charge in [-0.3, -0.25) is 0 Å². The molecule has 1 aromatic carbocycles. The van der Waals surface area contributed by atoms with Crippen molar-refractivity contribution in [2.75, 3.05) is 0 Å². The van der Waals surface area contributed by atoms with Gasteiger partial charge in [-0.25, -0.2) is 4.98 Å². The first-order valence-corrected chi connectivity index (χ1v) is 6.56. The van der Waals surface area contributed by atoms with E-state index in [4.69, 9.17) is 22.1 Å². The smallest absolute Gasteiger partial charge is 0.224 e. The first-order valence-electron chi connectivity index (χ1n) is 5.39. The van der Waals surface area contributed by atoms with Gasteiger partial charge in [-0.1, -0.05) is 33.6 Å². The predicted octanol–water partition coefficient (Wildman–Crippen LogP) is 4.06. The fourth-order valence-electron chi connectivity index (χ4n) is 1.47. The van der Waals surface area contributed by atoms with E-state index in [1.54, 1.807) is 12.1 Å². The van der Waals surface area contributed by atoms with Crippen molar-refractivity contribution in [3.63, 3.8) is 0 Å². The van der Waals surface area contributed by atoms with Crippen LogP contribution < -0.4 is 10.5 Å². The number of nitrogens with zero attached hydrogens (tertiary/aromatic N) is 1. The van der Waals surface area contributed by atoms with E-state index in [0.717, 1.165) is 15.7 Å². The summed E-state index contributed by atoms with van der Waals surface area (Å²) in [5.41, 5.74) is 7.37. The van der Waals surface area contributed by atoms with Crippen LogP contribution in [0.1, 0.15) is 11.3 Å². The maximum absolute atomic E-state index is 6.08. The Bertz CT molecular complexity index is 575. The number of hydrogen-bond acceptors (Lipinski definition) is 3. The Morgan fingerprint density at radius 3 is 2.83 bits per heavy atom. The zero-order chi connectivity index (χ0) is 13.1. The number of benzene rings is 1. The fourth-order valence-corrected chi connectivity index (χ4v) is 1.96. The molecular weight excluding hydrogens is 316 g/mol. The number of halogens is 2. The molecule has 0 aliphatic heterocycles. The molecule has 1 heterocycles. The molecule has 1 aromatic heterocycles. The average Bonchev–Trinajstić information content (AvgIpc) is 2.34. The lowest BCUT2D eigenvalue weighted by molar-refractivity contribution is 0.455. The van der Waals surface area contributed by atoms with Crippen LogP contribution in [-0.2, 0) is 6.54 Å². The lowest BCUT2D eigenvalue weighted by Gasteiger charge is -2.11. The summed E-state index contributed by atoms with van der Waals surface area (Å²) < 4.78 is 6.63. The van der Waals surface area contributed by atoms with Crippen LogP contribution in [0.4, 0.5) is 0 Å². The molecule has 0 saturated heterocycles. The van der Waals surface area contributed by atoms with Gasteiger partial charge in [0.1, 0.15) is 5.75 Å². The minimum atomic E-state index is 0.369. The van der Waals surface area contributed by atoms with E-state index in [2.05, 4.69) is 20.9 Å². The molecule has 18 heavy (non-hydrogen) atoms. The van der Waals surface area contributed by atoms with Gasteiger partial charge in [0, 0.05) is 22.3 Å². The number of rotatable bonds is 3. The lowest BCUT2D eigenvalue weighted by atomic mass is 10.2. The molecule has 94 valence electrons. The van der Waals surface area contributed by atoms with Gasteiger partial charge < -0.3 is 10.5 Å². The number of nitrogens with two attached hydrogens (primary N) is 1. The standard InChI is InChI=1S/C13H12BrClN2O/c1-8-2-3-9(7-16)13(17-8)18-12-6-10(14)4-5-11(12)15/h2-6H,7,16H2,1H3. The molecule has 5 heteroatoms. The number of aryl methyl sites for hydroxylation is 1. The van der Waals surface area contributed by atoms with E-state index in [-0.39, 0.29) is 0 Å². The Morgan fingerprint density at radius 1 is 1.33 bits per heavy atom. The molecule has 0 aliphatic rings. The maximum atomic E-state index is 6.08. The van der Waals surface area contributed by atoms with E-state index in [1.807, 2.05) is 25.1 Å². The Kier molecular flexibility index (Phi) is 4.22. The second-order valence-electron chi connectivity index (χ2n) is 3.80. The lowest BCUT2D eigenvalue weighted by Crippen LogP contribution is -2.02. The molecule has 2 rings (SSSR count). The number of ether oxygens (including phenoxy) is 1. The van der Waals surface area contributed by atoms with E-state index in [9.17, 15) is 0 Å². The quantitative estimate of drug-likeness (QED) is 0.925. The van der Waals surface area contributed by atoms with Crippen molar-refractivity contribution in [1.82, 2.24) is 4.98 Å². The van der Waals surface area contributed by atoms with Crippen LogP contribution in [0.2, 0.25) is 5.02 Å². The first kappa shape index (κ1) is 13.3. The summed E-state index contributed by atoms with van der Waals surface area (Å²) >= 11 is 9.45.